The number of benzene rings is 2. The summed E-state index contributed by atoms with van der Waals surface area (Å²) in [7, 11) is 0. The van der Waals surface area contributed by atoms with Gasteiger partial charge in [-0.05, 0) is 37.3 Å². The summed E-state index contributed by atoms with van der Waals surface area (Å²) in [5, 5.41) is 5.26. The van der Waals surface area contributed by atoms with Crippen molar-refractivity contribution in [1.29, 1.82) is 0 Å². The number of hydrogen-bond donors (Lipinski definition) is 2. The molecular formula is C18H12ClF3N4O. The van der Waals surface area contributed by atoms with Crippen molar-refractivity contribution in [3.05, 3.63) is 76.5 Å². The highest BCUT2D eigenvalue weighted by atomic mass is 35.5. The van der Waals surface area contributed by atoms with Crippen LogP contribution in [0.5, 0.6) is 0 Å². The Morgan fingerprint density at radius 2 is 1.63 bits per heavy atom. The van der Waals surface area contributed by atoms with Gasteiger partial charge in [0.1, 0.15) is 23.2 Å². The van der Waals surface area contributed by atoms with E-state index in [1.165, 1.54) is 30.3 Å². The molecule has 1 aromatic heterocycles. The zero-order valence-corrected chi connectivity index (χ0v) is 14.6. The lowest BCUT2D eigenvalue weighted by molar-refractivity contribution is 0.102. The predicted octanol–water partition coefficient (Wildman–Crippen LogP) is 4.85. The molecule has 3 aromatic rings. The summed E-state index contributed by atoms with van der Waals surface area (Å²) in [5.41, 5.74) is 0.546. The summed E-state index contributed by atoms with van der Waals surface area (Å²) >= 11 is 5.74. The Balaban J connectivity index is 1.82. The van der Waals surface area contributed by atoms with Crippen LogP contribution in [0.4, 0.5) is 30.4 Å². The molecule has 0 aliphatic heterocycles. The summed E-state index contributed by atoms with van der Waals surface area (Å²) in [4.78, 5) is 20.5. The number of nitrogens with one attached hydrogen (secondary N) is 2. The number of rotatable bonds is 4. The molecule has 138 valence electrons. The van der Waals surface area contributed by atoms with Crippen LogP contribution in [-0.2, 0) is 0 Å². The Labute approximate surface area is 157 Å². The molecule has 0 saturated carbocycles. The average Bonchev–Trinajstić information content (AvgIpc) is 2.61. The zero-order chi connectivity index (χ0) is 19.6. The van der Waals surface area contributed by atoms with Gasteiger partial charge in [0.25, 0.3) is 5.91 Å². The largest absolute Gasteiger partial charge is 0.340 e. The van der Waals surface area contributed by atoms with Crippen LogP contribution in [0.1, 0.15) is 16.3 Å². The molecule has 0 atom stereocenters. The zero-order valence-electron chi connectivity index (χ0n) is 13.9. The second-order valence-electron chi connectivity index (χ2n) is 5.52. The van der Waals surface area contributed by atoms with E-state index in [4.69, 9.17) is 11.6 Å². The summed E-state index contributed by atoms with van der Waals surface area (Å²) < 4.78 is 39.5. The third-order valence-corrected chi connectivity index (χ3v) is 3.73. The highest BCUT2D eigenvalue weighted by Gasteiger charge is 2.13. The minimum absolute atomic E-state index is 0.00272. The molecule has 0 unspecified atom stereocenters. The topological polar surface area (TPSA) is 66.9 Å². The molecule has 0 spiro atoms. The molecule has 0 saturated heterocycles. The van der Waals surface area contributed by atoms with Crippen LogP contribution in [-0.4, -0.2) is 15.9 Å². The van der Waals surface area contributed by atoms with Gasteiger partial charge in [-0.25, -0.2) is 23.1 Å². The number of nitrogens with zero attached hydrogens (tertiary/aromatic N) is 2. The van der Waals surface area contributed by atoms with E-state index in [1.54, 1.807) is 6.92 Å². The Hall–Kier alpha value is -3.13. The smallest absolute Gasteiger partial charge is 0.274 e. The van der Waals surface area contributed by atoms with E-state index in [-0.39, 0.29) is 22.2 Å². The molecule has 0 bridgehead atoms. The average molecular weight is 393 g/mol. The summed E-state index contributed by atoms with van der Waals surface area (Å²) in [6.45, 7) is 1.58. The van der Waals surface area contributed by atoms with Crippen molar-refractivity contribution in [3.63, 3.8) is 0 Å². The lowest BCUT2D eigenvalue weighted by atomic mass is 10.2. The number of hydrogen-bond acceptors (Lipinski definition) is 4. The van der Waals surface area contributed by atoms with Crippen molar-refractivity contribution in [2.75, 3.05) is 10.6 Å². The molecule has 0 aliphatic rings. The van der Waals surface area contributed by atoms with Crippen LogP contribution in [0.2, 0.25) is 5.02 Å². The molecule has 3 rings (SSSR count). The third kappa shape index (κ3) is 4.53. The Kier molecular flexibility index (Phi) is 5.27. The molecule has 1 amide bonds. The van der Waals surface area contributed by atoms with Gasteiger partial charge in [0.15, 0.2) is 11.6 Å². The van der Waals surface area contributed by atoms with Crippen LogP contribution in [0.25, 0.3) is 0 Å². The van der Waals surface area contributed by atoms with Gasteiger partial charge in [-0.15, -0.1) is 0 Å². The van der Waals surface area contributed by atoms with Crippen molar-refractivity contribution in [3.8, 4) is 0 Å². The Morgan fingerprint density at radius 1 is 0.926 bits per heavy atom. The van der Waals surface area contributed by atoms with Gasteiger partial charge >= 0.3 is 0 Å². The van der Waals surface area contributed by atoms with E-state index in [1.807, 2.05) is 0 Å². The molecule has 9 heteroatoms. The molecular weight excluding hydrogens is 381 g/mol. The predicted molar refractivity (Wildman–Crippen MR) is 95.8 cm³/mol. The van der Waals surface area contributed by atoms with E-state index >= 15 is 0 Å². The fraction of sp³-hybridized carbons (Fsp3) is 0.0556. The fourth-order valence-electron chi connectivity index (χ4n) is 2.24. The van der Waals surface area contributed by atoms with Gasteiger partial charge in [0, 0.05) is 23.5 Å². The first-order valence-electron chi connectivity index (χ1n) is 7.66. The molecule has 2 N–H and O–H groups in total. The molecule has 0 radical (unpaired) electrons. The lowest BCUT2D eigenvalue weighted by Crippen LogP contribution is -2.15. The van der Waals surface area contributed by atoms with E-state index < -0.39 is 23.4 Å². The van der Waals surface area contributed by atoms with Crippen LogP contribution in [0.3, 0.4) is 0 Å². The summed E-state index contributed by atoms with van der Waals surface area (Å²) in [6.07, 6.45) is 0. The van der Waals surface area contributed by atoms with Gasteiger partial charge in [-0.1, -0.05) is 11.6 Å². The maximum atomic E-state index is 13.3. The van der Waals surface area contributed by atoms with Crippen LogP contribution in [0.15, 0.2) is 42.5 Å². The fourth-order valence-corrected chi connectivity index (χ4v) is 2.42. The van der Waals surface area contributed by atoms with Crippen molar-refractivity contribution < 1.29 is 18.0 Å². The Morgan fingerprint density at radius 3 is 2.33 bits per heavy atom. The van der Waals surface area contributed by atoms with Crippen LogP contribution < -0.4 is 10.6 Å². The highest BCUT2D eigenvalue weighted by molar-refractivity contribution is 6.31. The maximum Gasteiger partial charge on any atom is 0.274 e. The lowest BCUT2D eigenvalue weighted by Gasteiger charge is -2.10. The highest BCUT2D eigenvalue weighted by Crippen LogP contribution is 2.22. The van der Waals surface area contributed by atoms with Gasteiger partial charge in [0.05, 0.1) is 5.02 Å². The third-order valence-electron chi connectivity index (χ3n) is 3.44. The van der Waals surface area contributed by atoms with E-state index in [0.717, 1.165) is 12.1 Å². The number of carbonyl (C=O) groups excluding carboxylic acids is 1. The molecule has 2 aromatic carbocycles. The number of halogens is 4. The van der Waals surface area contributed by atoms with Gasteiger partial charge in [-0.2, -0.15) is 0 Å². The summed E-state index contributed by atoms with van der Waals surface area (Å²) in [6, 6.07) is 8.37. The van der Waals surface area contributed by atoms with Gasteiger partial charge in [-0.3, -0.25) is 4.79 Å². The molecule has 0 fully saturated rings. The first-order valence-corrected chi connectivity index (χ1v) is 8.04. The van der Waals surface area contributed by atoms with Crippen molar-refractivity contribution in [2.24, 2.45) is 0 Å². The minimum Gasteiger partial charge on any atom is -0.340 e. The van der Waals surface area contributed by atoms with Crippen molar-refractivity contribution in [2.45, 2.75) is 6.92 Å². The van der Waals surface area contributed by atoms with E-state index in [9.17, 15) is 18.0 Å². The first kappa shape index (κ1) is 18.7. The maximum absolute atomic E-state index is 13.3. The van der Waals surface area contributed by atoms with E-state index in [2.05, 4.69) is 20.6 Å². The number of carbonyl (C=O) groups is 1. The number of anilines is 3. The first-order chi connectivity index (χ1) is 12.8. The molecule has 5 nitrogen and oxygen atoms in total. The quantitative estimate of drug-likeness (QED) is 0.666. The van der Waals surface area contributed by atoms with Gasteiger partial charge < -0.3 is 10.6 Å². The molecule has 27 heavy (non-hydrogen) atoms. The van der Waals surface area contributed by atoms with Crippen LogP contribution >= 0.6 is 11.6 Å². The standard InChI is InChI=1S/C18H12ClF3N4O/c1-9-23-16(18(27)26-11-3-5-14(21)15(22)7-11)8-17(24-9)25-10-2-4-13(20)12(19)6-10/h2-8H,1H3,(H,26,27)(H,23,24,25). The second kappa shape index (κ2) is 7.63. The number of aromatic nitrogens is 2. The number of amides is 1. The van der Waals surface area contributed by atoms with Crippen molar-refractivity contribution >= 4 is 34.7 Å². The summed E-state index contributed by atoms with van der Waals surface area (Å²) in [5.74, 6) is -2.72. The SMILES string of the molecule is Cc1nc(Nc2ccc(F)c(Cl)c2)cc(C(=O)Nc2ccc(F)c(F)c2)n1. The minimum atomic E-state index is -1.08. The normalized spacial score (nSPS) is 10.6. The molecule has 1 heterocycles. The second-order valence-corrected chi connectivity index (χ2v) is 5.93. The van der Waals surface area contributed by atoms with Crippen molar-refractivity contribution in [1.82, 2.24) is 9.97 Å². The monoisotopic (exact) mass is 392 g/mol. The van der Waals surface area contributed by atoms with E-state index in [0.29, 0.717) is 11.5 Å². The van der Waals surface area contributed by atoms with Gasteiger partial charge in [0.2, 0.25) is 0 Å². The van der Waals surface area contributed by atoms with Crippen LogP contribution in [0, 0.1) is 24.4 Å². The molecule has 0 aliphatic carbocycles. The number of aryl methyl sites for hydroxylation is 1. The Bertz CT molecular complexity index is 1030.